The van der Waals surface area contributed by atoms with Crippen LogP contribution >= 0.6 is 0 Å². The summed E-state index contributed by atoms with van der Waals surface area (Å²) in [5, 5.41) is 20.4. The minimum Gasteiger partial charge on any atom is -0.494 e. The summed E-state index contributed by atoms with van der Waals surface area (Å²) in [6, 6.07) is 8.52. The minimum atomic E-state index is -0.593. The molecule has 0 unspecified atom stereocenters. The second kappa shape index (κ2) is 10.6. The Kier molecular flexibility index (Phi) is 7.61. The van der Waals surface area contributed by atoms with Gasteiger partial charge in [0, 0.05) is 32.3 Å². The Balaban J connectivity index is 1.93. The van der Waals surface area contributed by atoms with Gasteiger partial charge < -0.3 is 14.7 Å². The molecule has 0 aliphatic carbocycles. The summed E-state index contributed by atoms with van der Waals surface area (Å²) in [6.45, 7) is 4.79. The molecule has 0 atom stereocenters. The van der Waals surface area contributed by atoms with E-state index in [2.05, 4.69) is 4.99 Å². The predicted octanol–water partition coefficient (Wildman–Crippen LogP) is 2.67. The first-order valence-electron chi connectivity index (χ1n) is 10.8. The monoisotopic (exact) mass is 450 g/mol. The van der Waals surface area contributed by atoms with E-state index in [0.29, 0.717) is 37.2 Å². The van der Waals surface area contributed by atoms with Gasteiger partial charge in [0.1, 0.15) is 11.6 Å². The Morgan fingerprint density at radius 3 is 2.73 bits per heavy atom. The molecule has 1 aliphatic heterocycles. The zero-order valence-electron chi connectivity index (χ0n) is 18.7. The topological polar surface area (TPSA) is 125 Å². The van der Waals surface area contributed by atoms with E-state index in [4.69, 9.17) is 4.74 Å². The van der Waals surface area contributed by atoms with E-state index >= 15 is 0 Å². The van der Waals surface area contributed by atoms with Crippen LogP contribution < -0.4 is 5.56 Å². The Hall–Kier alpha value is -3.93. The van der Waals surface area contributed by atoms with Gasteiger partial charge in [-0.3, -0.25) is 19.1 Å². The molecule has 1 aromatic heterocycles. The maximum atomic E-state index is 12.8. The largest absolute Gasteiger partial charge is 0.494 e. The number of pyridine rings is 1. The van der Waals surface area contributed by atoms with E-state index in [-0.39, 0.29) is 41.6 Å². The summed E-state index contributed by atoms with van der Waals surface area (Å²) >= 11 is 0. The number of hydrogen-bond acceptors (Lipinski definition) is 7. The van der Waals surface area contributed by atoms with Crippen LogP contribution in [-0.4, -0.2) is 52.4 Å². The molecule has 1 amide bonds. The Morgan fingerprint density at radius 2 is 2.06 bits per heavy atom. The van der Waals surface area contributed by atoms with Crippen molar-refractivity contribution in [2.75, 3.05) is 19.7 Å². The van der Waals surface area contributed by atoms with Gasteiger partial charge in [0.15, 0.2) is 0 Å². The molecule has 1 N–H and O–H groups in total. The van der Waals surface area contributed by atoms with Crippen molar-refractivity contribution in [3.63, 3.8) is 0 Å². The van der Waals surface area contributed by atoms with Crippen molar-refractivity contribution in [2.24, 2.45) is 4.99 Å². The third kappa shape index (κ3) is 5.12. The van der Waals surface area contributed by atoms with Gasteiger partial charge in [-0.2, -0.15) is 5.26 Å². The van der Waals surface area contributed by atoms with Crippen molar-refractivity contribution in [3.8, 4) is 11.9 Å². The summed E-state index contributed by atoms with van der Waals surface area (Å²) in [7, 11) is 0. The Labute approximate surface area is 191 Å². The molecule has 0 radical (unpaired) electrons. The highest BCUT2D eigenvalue weighted by Gasteiger charge is 2.21. The molecule has 0 saturated carbocycles. The third-order valence-corrected chi connectivity index (χ3v) is 5.56. The summed E-state index contributed by atoms with van der Waals surface area (Å²) in [5.74, 6) is -0.756. The molecule has 1 saturated heterocycles. The summed E-state index contributed by atoms with van der Waals surface area (Å²) in [5.41, 5.74) is 0.412. The number of para-hydroxylation sites is 1. The second-order valence-electron chi connectivity index (χ2n) is 7.64. The second-order valence-corrected chi connectivity index (χ2v) is 7.64. The number of carbonyl (C=O) groups is 2. The van der Waals surface area contributed by atoms with Crippen molar-refractivity contribution in [2.45, 2.75) is 39.7 Å². The predicted molar refractivity (Wildman–Crippen MR) is 122 cm³/mol. The van der Waals surface area contributed by atoms with Crippen LogP contribution in [0.2, 0.25) is 0 Å². The van der Waals surface area contributed by atoms with E-state index in [0.717, 1.165) is 11.0 Å². The number of nitrogens with zero attached hydrogens (tertiary/aromatic N) is 4. The molecule has 9 nitrogen and oxygen atoms in total. The quantitative estimate of drug-likeness (QED) is 0.487. The highest BCUT2D eigenvalue weighted by molar-refractivity contribution is 5.97. The van der Waals surface area contributed by atoms with Crippen LogP contribution in [0.4, 0.5) is 5.69 Å². The standard InChI is InChI=1S/C24H26N4O5/c1-3-33-24(32)17-8-4-5-9-20(17)26-15-19-16(2)18(14-25)22(30)28(23(19)31)13-7-12-27-11-6-10-21(27)29/h4-5,8-9,15,31H,3,6-7,10-13H2,1-2H3. The van der Waals surface area contributed by atoms with Gasteiger partial charge >= 0.3 is 5.97 Å². The average molecular weight is 450 g/mol. The van der Waals surface area contributed by atoms with Crippen LogP contribution in [0.15, 0.2) is 34.1 Å². The molecule has 3 rings (SSSR count). The van der Waals surface area contributed by atoms with Gasteiger partial charge in [-0.1, -0.05) is 12.1 Å². The van der Waals surface area contributed by atoms with Gasteiger partial charge in [-0.25, -0.2) is 4.79 Å². The van der Waals surface area contributed by atoms with E-state index in [1.165, 1.54) is 6.21 Å². The molecule has 33 heavy (non-hydrogen) atoms. The maximum Gasteiger partial charge on any atom is 0.340 e. The molecule has 1 aromatic carbocycles. The lowest BCUT2D eigenvalue weighted by Crippen LogP contribution is -2.29. The van der Waals surface area contributed by atoms with Gasteiger partial charge in [-0.05, 0) is 44.4 Å². The Morgan fingerprint density at radius 1 is 1.30 bits per heavy atom. The minimum absolute atomic E-state index is 0.0845. The van der Waals surface area contributed by atoms with Crippen molar-refractivity contribution in [1.29, 1.82) is 5.26 Å². The van der Waals surface area contributed by atoms with Gasteiger partial charge in [0.25, 0.3) is 5.56 Å². The molecule has 172 valence electrons. The van der Waals surface area contributed by atoms with Crippen molar-refractivity contribution >= 4 is 23.8 Å². The van der Waals surface area contributed by atoms with Crippen LogP contribution in [-0.2, 0) is 16.1 Å². The number of hydrogen-bond donors (Lipinski definition) is 1. The smallest absolute Gasteiger partial charge is 0.340 e. The van der Waals surface area contributed by atoms with E-state index in [1.54, 1.807) is 43.0 Å². The average Bonchev–Trinajstić information content (AvgIpc) is 3.21. The van der Waals surface area contributed by atoms with Gasteiger partial charge in [-0.15, -0.1) is 0 Å². The molecular formula is C24H26N4O5. The van der Waals surface area contributed by atoms with Crippen LogP contribution in [0.25, 0.3) is 0 Å². The van der Waals surface area contributed by atoms with Crippen LogP contribution in [0, 0.1) is 18.3 Å². The number of likely N-dealkylation sites (tertiary alicyclic amines) is 1. The number of ether oxygens (including phenoxy) is 1. The summed E-state index contributed by atoms with van der Waals surface area (Å²) in [4.78, 5) is 42.8. The number of aromatic nitrogens is 1. The molecule has 9 heteroatoms. The zero-order valence-corrected chi connectivity index (χ0v) is 18.7. The summed E-state index contributed by atoms with van der Waals surface area (Å²) in [6.07, 6.45) is 3.14. The number of esters is 1. The molecule has 0 spiro atoms. The van der Waals surface area contributed by atoms with Crippen molar-refractivity contribution in [1.82, 2.24) is 9.47 Å². The van der Waals surface area contributed by atoms with Gasteiger partial charge in [0.2, 0.25) is 11.8 Å². The summed E-state index contributed by atoms with van der Waals surface area (Å²) < 4.78 is 6.18. The van der Waals surface area contributed by atoms with E-state index in [1.807, 2.05) is 6.07 Å². The lowest BCUT2D eigenvalue weighted by atomic mass is 10.1. The highest BCUT2D eigenvalue weighted by atomic mass is 16.5. The first-order chi connectivity index (χ1) is 15.9. The number of amides is 1. The lowest BCUT2D eigenvalue weighted by Gasteiger charge is -2.17. The normalized spacial score (nSPS) is 13.5. The fraction of sp³-hybridized carbons (Fsp3) is 0.375. The fourth-order valence-electron chi connectivity index (χ4n) is 3.79. The first-order valence-corrected chi connectivity index (χ1v) is 10.8. The van der Waals surface area contributed by atoms with Crippen molar-refractivity contribution in [3.05, 3.63) is 56.9 Å². The van der Waals surface area contributed by atoms with Crippen LogP contribution in [0.3, 0.4) is 0 Å². The number of rotatable bonds is 8. The fourth-order valence-corrected chi connectivity index (χ4v) is 3.79. The number of aromatic hydroxyl groups is 1. The number of benzene rings is 1. The highest BCUT2D eigenvalue weighted by Crippen LogP contribution is 2.24. The third-order valence-electron chi connectivity index (χ3n) is 5.56. The van der Waals surface area contributed by atoms with E-state index < -0.39 is 11.5 Å². The first kappa shape index (κ1) is 23.7. The lowest BCUT2D eigenvalue weighted by molar-refractivity contribution is -0.127. The van der Waals surface area contributed by atoms with E-state index in [9.17, 15) is 24.8 Å². The Bertz CT molecular complexity index is 1190. The molecular weight excluding hydrogens is 424 g/mol. The molecule has 2 heterocycles. The maximum absolute atomic E-state index is 12.8. The van der Waals surface area contributed by atoms with Gasteiger partial charge in [0.05, 0.1) is 23.4 Å². The molecule has 0 bridgehead atoms. The SMILES string of the molecule is CCOC(=O)c1ccccc1N=Cc1c(C)c(C#N)c(=O)n(CCCN2CCCC2=O)c1O. The van der Waals surface area contributed by atoms with Crippen LogP contribution in [0.5, 0.6) is 5.88 Å². The van der Waals surface area contributed by atoms with Crippen molar-refractivity contribution < 1.29 is 19.4 Å². The number of nitriles is 1. The number of aliphatic imine (C=N–C) groups is 1. The zero-order chi connectivity index (χ0) is 24.0. The molecule has 1 fully saturated rings. The van der Waals surface area contributed by atoms with Crippen LogP contribution in [0.1, 0.15) is 53.2 Å². The molecule has 2 aromatic rings. The molecule has 1 aliphatic rings. The number of carbonyl (C=O) groups excluding carboxylic acids is 2.